The second-order valence-electron chi connectivity index (χ2n) is 4.36. The lowest BCUT2D eigenvalue weighted by atomic mass is 9.76. The van der Waals surface area contributed by atoms with E-state index in [9.17, 15) is 5.11 Å². The lowest BCUT2D eigenvalue weighted by Gasteiger charge is -2.32. The van der Waals surface area contributed by atoms with Crippen LogP contribution in [0.15, 0.2) is 12.2 Å². The first-order valence-corrected chi connectivity index (χ1v) is 4.72. The van der Waals surface area contributed by atoms with Crippen LogP contribution < -0.4 is 0 Å². The summed E-state index contributed by atoms with van der Waals surface area (Å²) >= 11 is 0. The first-order valence-electron chi connectivity index (χ1n) is 4.72. The van der Waals surface area contributed by atoms with Gasteiger partial charge in [0.15, 0.2) is 0 Å². The molecular weight excluding hydrogens is 136 g/mol. The molecule has 4 unspecified atom stereocenters. The Hall–Kier alpha value is -0.300. The SMILES string of the molecule is OC1C2C=CC1C1CCC2C1. The van der Waals surface area contributed by atoms with Gasteiger partial charge in [0.1, 0.15) is 0 Å². The molecule has 0 spiro atoms. The standard InChI is InChI=1S/C10H14O/c11-10-8-3-4-9(10)7-2-1-6(8)5-7/h3-4,6-11H,1-2,5H2. The van der Waals surface area contributed by atoms with E-state index < -0.39 is 0 Å². The van der Waals surface area contributed by atoms with Crippen LogP contribution >= 0.6 is 0 Å². The Bertz CT molecular complexity index is 189. The molecule has 0 radical (unpaired) electrons. The van der Waals surface area contributed by atoms with E-state index in [0.717, 1.165) is 11.8 Å². The van der Waals surface area contributed by atoms with Gasteiger partial charge in [-0.3, -0.25) is 0 Å². The number of hydrogen-bond donors (Lipinski definition) is 1. The molecule has 3 aliphatic rings. The van der Waals surface area contributed by atoms with E-state index in [0.29, 0.717) is 11.8 Å². The van der Waals surface area contributed by atoms with E-state index in [4.69, 9.17) is 0 Å². The number of fused-ring (bicyclic) bond motifs is 6. The lowest BCUT2D eigenvalue weighted by molar-refractivity contribution is 0.0337. The quantitative estimate of drug-likeness (QED) is 0.520. The molecule has 11 heavy (non-hydrogen) atoms. The summed E-state index contributed by atoms with van der Waals surface area (Å²) in [6.07, 6.45) is 8.64. The van der Waals surface area contributed by atoms with Crippen molar-refractivity contribution in [1.82, 2.24) is 0 Å². The third-order valence-corrected chi connectivity index (χ3v) is 3.95. The Labute approximate surface area is 67.1 Å². The van der Waals surface area contributed by atoms with Crippen molar-refractivity contribution in [3.63, 3.8) is 0 Å². The van der Waals surface area contributed by atoms with Crippen molar-refractivity contribution in [1.29, 1.82) is 0 Å². The molecular formula is C10H14O. The van der Waals surface area contributed by atoms with Gasteiger partial charge in [-0.2, -0.15) is 0 Å². The monoisotopic (exact) mass is 150 g/mol. The third kappa shape index (κ3) is 0.652. The van der Waals surface area contributed by atoms with Crippen LogP contribution in [-0.4, -0.2) is 11.2 Å². The molecule has 0 saturated heterocycles. The lowest BCUT2D eigenvalue weighted by Crippen LogP contribution is -2.33. The average Bonchev–Trinajstić information content (AvgIpc) is 2.42. The maximum atomic E-state index is 9.83. The van der Waals surface area contributed by atoms with Gasteiger partial charge >= 0.3 is 0 Å². The molecule has 0 heterocycles. The predicted molar refractivity (Wildman–Crippen MR) is 43.0 cm³/mol. The fourth-order valence-electron chi connectivity index (χ4n) is 3.36. The van der Waals surface area contributed by atoms with Crippen molar-refractivity contribution >= 4 is 0 Å². The molecule has 0 amide bonds. The summed E-state index contributed by atoms with van der Waals surface area (Å²) in [5, 5.41) is 9.83. The van der Waals surface area contributed by atoms with Crippen LogP contribution in [0.1, 0.15) is 19.3 Å². The summed E-state index contributed by atoms with van der Waals surface area (Å²) in [7, 11) is 0. The maximum absolute atomic E-state index is 9.83. The van der Waals surface area contributed by atoms with Crippen LogP contribution in [0.3, 0.4) is 0 Å². The van der Waals surface area contributed by atoms with Gasteiger partial charge in [0, 0.05) is 11.8 Å². The highest BCUT2D eigenvalue weighted by atomic mass is 16.3. The molecule has 0 aromatic carbocycles. The predicted octanol–water partition coefficient (Wildman–Crippen LogP) is 1.58. The minimum Gasteiger partial charge on any atom is -0.392 e. The molecule has 1 N–H and O–H groups in total. The number of aliphatic hydroxyl groups excluding tert-OH is 1. The number of hydrogen-bond acceptors (Lipinski definition) is 1. The molecule has 0 aromatic heterocycles. The highest BCUT2D eigenvalue weighted by molar-refractivity contribution is 5.16. The Morgan fingerprint density at radius 2 is 1.55 bits per heavy atom. The minimum absolute atomic E-state index is 0.0127. The molecule has 4 atom stereocenters. The third-order valence-electron chi connectivity index (χ3n) is 3.95. The Kier molecular flexibility index (Phi) is 1.07. The minimum atomic E-state index is -0.0127. The molecule has 3 rings (SSSR count). The zero-order chi connectivity index (χ0) is 7.42. The van der Waals surface area contributed by atoms with Crippen LogP contribution in [0.2, 0.25) is 0 Å². The molecule has 3 aliphatic carbocycles. The Morgan fingerprint density at radius 1 is 1.00 bits per heavy atom. The van der Waals surface area contributed by atoms with Crippen molar-refractivity contribution in [2.75, 3.05) is 0 Å². The van der Waals surface area contributed by atoms with Gasteiger partial charge in [-0.25, -0.2) is 0 Å². The van der Waals surface area contributed by atoms with Crippen molar-refractivity contribution in [2.24, 2.45) is 23.7 Å². The summed E-state index contributed by atoms with van der Waals surface area (Å²) in [5.74, 6) is 2.70. The summed E-state index contributed by atoms with van der Waals surface area (Å²) in [4.78, 5) is 0. The van der Waals surface area contributed by atoms with Gasteiger partial charge in [0.2, 0.25) is 0 Å². The highest BCUT2D eigenvalue weighted by Crippen LogP contribution is 2.52. The zero-order valence-electron chi connectivity index (χ0n) is 6.61. The van der Waals surface area contributed by atoms with Crippen LogP contribution in [-0.2, 0) is 0 Å². The van der Waals surface area contributed by atoms with Gasteiger partial charge in [0.25, 0.3) is 0 Å². The summed E-state index contributed by atoms with van der Waals surface area (Å²) in [6.45, 7) is 0. The fourth-order valence-corrected chi connectivity index (χ4v) is 3.36. The molecule has 60 valence electrons. The fraction of sp³-hybridized carbons (Fsp3) is 0.800. The second kappa shape index (κ2) is 1.89. The largest absolute Gasteiger partial charge is 0.392 e. The number of rotatable bonds is 0. The Balaban J connectivity index is 2.02. The highest BCUT2D eigenvalue weighted by Gasteiger charge is 2.48. The van der Waals surface area contributed by atoms with E-state index in [-0.39, 0.29) is 6.10 Å². The van der Waals surface area contributed by atoms with E-state index >= 15 is 0 Å². The molecule has 4 bridgehead atoms. The summed E-state index contributed by atoms with van der Waals surface area (Å²) in [6, 6.07) is 0. The molecule has 0 aromatic rings. The van der Waals surface area contributed by atoms with Crippen molar-refractivity contribution in [3.8, 4) is 0 Å². The normalized spacial score (nSPS) is 58.8. The zero-order valence-corrected chi connectivity index (χ0v) is 6.61. The van der Waals surface area contributed by atoms with Crippen molar-refractivity contribution in [3.05, 3.63) is 12.2 Å². The topological polar surface area (TPSA) is 20.2 Å². The summed E-state index contributed by atoms with van der Waals surface area (Å²) < 4.78 is 0. The van der Waals surface area contributed by atoms with Gasteiger partial charge in [0.05, 0.1) is 6.10 Å². The molecule has 1 nitrogen and oxygen atoms in total. The van der Waals surface area contributed by atoms with E-state index in [1.54, 1.807) is 0 Å². The van der Waals surface area contributed by atoms with E-state index in [2.05, 4.69) is 12.2 Å². The molecule has 2 saturated carbocycles. The maximum Gasteiger partial charge on any atom is 0.0670 e. The van der Waals surface area contributed by atoms with Crippen LogP contribution in [0.4, 0.5) is 0 Å². The van der Waals surface area contributed by atoms with E-state index in [1.165, 1.54) is 19.3 Å². The van der Waals surface area contributed by atoms with Crippen LogP contribution in [0, 0.1) is 23.7 Å². The Morgan fingerprint density at radius 3 is 2.09 bits per heavy atom. The van der Waals surface area contributed by atoms with Crippen molar-refractivity contribution in [2.45, 2.75) is 25.4 Å². The first kappa shape index (κ1) is 6.24. The van der Waals surface area contributed by atoms with Crippen LogP contribution in [0.25, 0.3) is 0 Å². The second-order valence-corrected chi connectivity index (χ2v) is 4.36. The van der Waals surface area contributed by atoms with Crippen molar-refractivity contribution < 1.29 is 5.11 Å². The van der Waals surface area contributed by atoms with Gasteiger partial charge < -0.3 is 5.11 Å². The van der Waals surface area contributed by atoms with Gasteiger partial charge in [-0.05, 0) is 31.1 Å². The average molecular weight is 150 g/mol. The molecule has 0 aliphatic heterocycles. The molecule has 1 heteroatoms. The van der Waals surface area contributed by atoms with Gasteiger partial charge in [-0.15, -0.1) is 0 Å². The number of aliphatic hydroxyl groups is 1. The summed E-state index contributed by atoms with van der Waals surface area (Å²) in [5.41, 5.74) is 0. The van der Waals surface area contributed by atoms with Crippen LogP contribution in [0.5, 0.6) is 0 Å². The smallest absolute Gasteiger partial charge is 0.0670 e. The first-order chi connectivity index (χ1) is 5.36. The molecule has 2 fully saturated rings. The van der Waals surface area contributed by atoms with E-state index in [1.807, 2.05) is 0 Å². The van der Waals surface area contributed by atoms with Gasteiger partial charge in [-0.1, -0.05) is 12.2 Å².